The van der Waals surface area contributed by atoms with Crippen molar-refractivity contribution in [1.29, 1.82) is 0 Å². The number of fused-ring (bicyclic) bond motifs is 1. The number of benzene rings is 1. The van der Waals surface area contributed by atoms with Crippen molar-refractivity contribution in [2.45, 2.75) is 16.2 Å². The SMILES string of the molecule is c1cnc(N2CCN(CCCN3Sc4ccccc4S3)CC2)nc1. The number of piperazine rings is 1. The fourth-order valence-corrected chi connectivity index (χ4v) is 5.31. The summed E-state index contributed by atoms with van der Waals surface area (Å²) in [5.74, 6) is 0.861. The van der Waals surface area contributed by atoms with Crippen LogP contribution in [0.15, 0.2) is 52.5 Å². The van der Waals surface area contributed by atoms with E-state index >= 15 is 0 Å². The molecule has 0 unspecified atom stereocenters. The number of aromatic nitrogens is 2. The molecule has 4 rings (SSSR count). The van der Waals surface area contributed by atoms with Gasteiger partial charge in [0.25, 0.3) is 0 Å². The Morgan fingerprint density at radius 2 is 1.50 bits per heavy atom. The molecule has 1 aromatic heterocycles. The highest BCUT2D eigenvalue weighted by Crippen LogP contribution is 2.45. The summed E-state index contributed by atoms with van der Waals surface area (Å²) in [4.78, 5) is 16.3. The molecule has 0 atom stereocenters. The second-order valence-corrected chi connectivity index (χ2v) is 8.27. The molecule has 5 nitrogen and oxygen atoms in total. The van der Waals surface area contributed by atoms with E-state index in [1.54, 1.807) is 0 Å². The van der Waals surface area contributed by atoms with Gasteiger partial charge >= 0.3 is 0 Å². The number of hydrogen-bond acceptors (Lipinski definition) is 7. The smallest absolute Gasteiger partial charge is 0.225 e. The molecule has 1 saturated heterocycles. The summed E-state index contributed by atoms with van der Waals surface area (Å²) in [6.45, 7) is 6.51. The predicted molar refractivity (Wildman–Crippen MR) is 100 cm³/mol. The van der Waals surface area contributed by atoms with Crippen LogP contribution in [0.5, 0.6) is 0 Å². The molecule has 126 valence electrons. The summed E-state index contributed by atoms with van der Waals surface area (Å²) < 4.78 is 2.40. The van der Waals surface area contributed by atoms with Crippen molar-refractivity contribution in [3.05, 3.63) is 42.7 Å². The highest BCUT2D eigenvalue weighted by molar-refractivity contribution is 8.14. The molecule has 0 N–H and O–H groups in total. The molecule has 0 amide bonds. The van der Waals surface area contributed by atoms with Gasteiger partial charge < -0.3 is 4.90 Å². The average Bonchev–Trinajstić information content (AvgIpc) is 3.06. The second-order valence-electron chi connectivity index (χ2n) is 5.92. The predicted octanol–water partition coefficient (Wildman–Crippen LogP) is 3.02. The van der Waals surface area contributed by atoms with E-state index in [1.165, 1.54) is 16.2 Å². The third kappa shape index (κ3) is 3.85. The molecule has 1 aromatic carbocycles. The first-order valence-electron chi connectivity index (χ1n) is 8.35. The minimum absolute atomic E-state index is 0.861. The summed E-state index contributed by atoms with van der Waals surface area (Å²) in [6.07, 6.45) is 4.84. The maximum absolute atomic E-state index is 4.35. The average molecular weight is 360 g/mol. The van der Waals surface area contributed by atoms with Crippen molar-refractivity contribution >= 4 is 29.8 Å². The third-order valence-corrected chi connectivity index (χ3v) is 6.73. The summed E-state index contributed by atoms with van der Waals surface area (Å²) >= 11 is 3.75. The molecule has 0 spiro atoms. The van der Waals surface area contributed by atoms with Crippen molar-refractivity contribution in [3.8, 4) is 0 Å². The van der Waals surface area contributed by atoms with E-state index in [0.29, 0.717) is 0 Å². The molecule has 7 heteroatoms. The first-order valence-corrected chi connectivity index (χ1v) is 9.90. The Morgan fingerprint density at radius 1 is 0.833 bits per heavy atom. The van der Waals surface area contributed by atoms with Gasteiger partial charge in [-0.25, -0.2) is 9.97 Å². The Balaban J connectivity index is 1.18. The van der Waals surface area contributed by atoms with Gasteiger partial charge in [-0.05, 0) is 55.1 Å². The largest absolute Gasteiger partial charge is 0.338 e. The maximum atomic E-state index is 4.35. The number of hydrogen-bond donors (Lipinski definition) is 0. The van der Waals surface area contributed by atoms with Crippen LogP contribution in [0.1, 0.15) is 6.42 Å². The molecule has 0 aliphatic carbocycles. The molecule has 1 fully saturated rings. The molecular formula is C17H21N5S2. The fourth-order valence-electron chi connectivity index (χ4n) is 2.98. The third-order valence-electron chi connectivity index (χ3n) is 4.27. The summed E-state index contributed by atoms with van der Waals surface area (Å²) in [5.41, 5.74) is 0. The van der Waals surface area contributed by atoms with Gasteiger partial charge in [-0.1, -0.05) is 12.1 Å². The van der Waals surface area contributed by atoms with Crippen LogP contribution in [0.4, 0.5) is 5.95 Å². The molecule has 0 saturated carbocycles. The van der Waals surface area contributed by atoms with E-state index in [0.717, 1.165) is 45.2 Å². The lowest BCUT2D eigenvalue weighted by Crippen LogP contribution is -2.47. The second kappa shape index (κ2) is 7.74. The van der Waals surface area contributed by atoms with Crippen molar-refractivity contribution < 1.29 is 0 Å². The molecule has 2 aliphatic rings. The van der Waals surface area contributed by atoms with E-state index < -0.39 is 0 Å². The van der Waals surface area contributed by atoms with Crippen LogP contribution in [-0.2, 0) is 0 Å². The zero-order valence-electron chi connectivity index (χ0n) is 13.5. The van der Waals surface area contributed by atoms with Crippen LogP contribution in [0.25, 0.3) is 0 Å². The zero-order valence-corrected chi connectivity index (χ0v) is 15.2. The topological polar surface area (TPSA) is 35.5 Å². The monoisotopic (exact) mass is 359 g/mol. The number of rotatable bonds is 5. The Hall–Kier alpha value is -1.28. The van der Waals surface area contributed by atoms with Gasteiger partial charge in [0.1, 0.15) is 0 Å². The van der Waals surface area contributed by atoms with Gasteiger partial charge in [0.15, 0.2) is 0 Å². The summed E-state index contributed by atoms with van der Waals surface area (Å²) in [7, 11) is 0. The maximum Gasteiger partial charge on any atom is 0.225 e. The van der Waals surface area contributed by atoms with E-state index in [1.807, 2.05) is 42.4 Å². The molecular weight excluding hydrogens is 338 g/mol. The van der Waals surface area contributed by atoms with Crippen molar-refractivity contribution in [2.75, 3.05) is 44.2 Å². The highest BCUT2D eigenvalue weighted by Gasteiger charge is 2.22. The van der Waals surface area contributed by atoms with Crippen molar-refractivity contribution in [3.63, 3.8) is 0 Å². The van der Waals surface area contributed by atoms with Crippen LogP contribution in [0.2, 0.25) is 0 Å². The Labute approximate surface area is 151 Å². The minimum Gasteiger partial charge on any atom is -0.338 e. The standard InChI is InChI=1S/C17H21N5S2/c1-2-6-16-15(5-1)23-22(24-16)10-4-9-20-11-13-21(14-12-20)17-18-7-3-8-19-17/h1-3,5-8H,4,9-14H2. The highest BCUT2D eigenvalue weighted by atomic mass is 32.2. The van der Waals surface area contributed by atoms with Gasteiger partial charge in [-0.2, -0.15) is 3.71 Å². The van der Waals surface area contributed by atoms with Gasteiger partial charge in [0.2, 0.25) is 5.95 Å². The summed E-state index contributed by atoms with van der Waals surface area (Å²) in [5, 5.41) is 0. The van der Waals surface area contributed by atoms with Gasteiger partial charge in [-0.3, -0.25) is 4.90 Å². The Morgan fingerprint density at radius 3 is 2.17 bits per heavy atom. The molecule has 2 aliphatic heterocycles. The van der Waals surface area contributed by atoms with Crippen LogP contribution in [0.3, 0.4) is 0 Å². The fraction of sp³-hybridized carbons (Fsp3) is 0.412. The van der Waals surface area contributed by atoms with Crippen molar-refractivity contribution in [2.24, 2.45) is 0 Å². The number of nitrogens with zero attached hydrogens (tertiary/aromatic N) is 5. The lowest BCUT2D eigenvalue weighted by Gasteiger charge is -2.34. The van der Waals surface area contributed by atoms with Gasteiger partial charge in [0, 0.05) is 54.9 Å². The van der Waals surface area contributed by atoms with E-state index in [9.17, 15) is 0 Å². The number of anilines is 1. The van der Waals surface area contributed by atoms with Crippen LogP contribution < -0.4 is 4.90 Å². The first kappa shape index (κ1) is 16.2. The van der Waals surface area contributed by atoms with Crippen molar-refractivity contribution in [1.82, 2.24) is 18.6 Å². The van der Waals surface area contributed by atoms with Gasteiger partial charge in [-0.15, -0.1) is 0 Å². The normalized spacial score (nSPS) is 18.8. The molecule has 0 radical (unpaired) electrons. The lowest BCUT2D eigenvalue weighted by atomic mass is 10.3. The van der Waals surface area contributed by atoms with E-state index in [4.69, 9.17) is 0 Å². The van der Waals surface area contributed by atoms with Crippen LogP contribution in [-0.4, -0.2) is 57.8 Å². The van der Waals surface area contributed by atoms with Crippen LogP contribution in [0, 0.1) is 0 Å². The molecule has 24 heavy (non-hydrogen) atoms. The Kier molecular flexibility index (Phi) is 5.22. The lowest BCUT2D eigenvalue weighted by molar-refractivity contribution is 0.252. The molecule has 2 aromatic rings. The molecule has 0 bridgehead atoms. The van der Waals surface area contributed by atoms with E-state index in [-0.39, 0.29) is 0 Å². The Bertz CT molecular complexity index is 636. The van der Waals surface area contributed by atoms with Crippen LogP contribution >= 0.6 is 23.9 Å². The van der Waals surface area contributed by atoms with E-state index in [2.05, 4.69) is 47.7 Å². The van der Waals surface area contributed by atoms with Gasteiger partial charge in [0.05, 0.1) is 0 Å². The first-order chi connectivity index (χ1) is 11.9. The zero-order chi connectivity index (χ0) is 16.2. The molecule has 3 heterocycles. The minimum atomic E-state index is 0.861. The summed E-state index contributed by atoms with van der Waals surface area (Å²) in [6, 6.07) is 10.5. The quantitative estimate of drug-likeness (QED) is 0.759.